The fourth-order valence-corrected chi connectivity index (χ4v) is 1.17. The zero-order chi connectivity index (χ0) is 9.14. The Morgan fingerprint density at radius 2 is 2.08 bits per heavy atom. The van der Waals surface area contributed by atoms with Crippen molar-refractivity contribution in [2.24, 2.45) is 0 Å². The van der Waals surface area contributed by atoms with E-state index in [1.165, 1.54) is 5.56 Å². The van der Waals surface area contributed by atoms with Gasteiger partial charge >= 0.3 is 5.24 Å². The molecule has 0 atom stereocenters. The summed E-state index contributed by atoms with van der Waals surface area (Å²) in [4.78, 5) is 10.6. The first kappa shape index (κ1) is 9.00. The normalized spacial score (nSPS) is 9.50. The molecule has 0 spiro atoms. The minimum atomic E-state index is -0.443. The largest absolute Gasteiger partial charge is 0.314 e. The molecule has 0 aliphatic rings. The molecule has 1 rings (SSSR count). The second kappa shape index (κ2) is 3.54. The molecule has 0 heterocycles. The Bertz CT molecular complexity index is 309. The Hall–Kier alpha value is -1.09. The van der Waals surface area contributed by atoms with E-state index in [1.807, 2.05) is 32.0 Å². The SMILES string of the molecule is Cc1ccc(NC(=O)[S])c(C)c1. The number of aryl methyl sites for hydroxylation is 2. The number of nitrogens with one attached hydrogen (secondary N) is 1. The average molecular weight is 180 g/mol. The Morgan fingerprint density at radius 3 is 2.58 bits per heavy atom. The van der Waals surface area contributed by atoms with Crippen molar-refractivity contribution in [2.45, 2.75) is 13.8 Å². The standard InChI is InChI=1S/C9H10NOS/c1-6-3-4-8(7(2)5-6)10-9(11)12/h3-5H,1-2H3,(H,10,11). The van der Waals surface area contributed by atoms with Crippen molar-refractivity contribution in [3.05, 3.63) is 29.3 Å². The van der Waals surface area contributed by atoms with Crippen LogP contribution >= 0.6 is 12.6 Å². The molecular formula is C9H10NOS. The van der Waals surface area contributed by atoms with Crippen LogP contribution in [-0.4, -0.2) is 5.24 Å². The lowest BCUT2D eigenvalue weighted by Gasteiger charge is -2.05. The summed E-state index contributed by atoms with van der Waals surface area (Å²) >= 11 is 4.40. The molecule has 0 saturated carbocycles. The monoisotopic (exact) mass is 180 g/mol. The highest BCUT2D eigenvalue weighted by atomic mass is 32.1. The summed E-state index contributed by atoms with van der Waals surface area (Å²) in [5.74, 6) is 0. The molecule has 0 aromatic heterocycles. The molecule has 0 bridgehead atoms. The zero-order valence-corrected chi connectivity index (χ0v) is 7.87. The van der Waals surface area contributed by atoms with Crippen LogP contribution in [0.2, 0.25) is 0 Å². The number of rotatable bonds is 1. The first-order valence-electron chi connectivity index (χ1n) is 3.65. The van der Waals surface area contributed by atoms with Crippen LogP contribution in [0.5, 0.6) is 0 Å². The van der Waals surface area contributed by atoms with Crippen LogP contribution in [0.1, 0.15) is 11.1 Å². The Morgan fingerprint density at radius 1 is 1.42 bits per heavy atom. The van der Waals surface area contributed by atoms with Crippen molar-refractivity contribution in [1.29, 1.82) is 0 Å². The maximum atomic E-state index is 10.6. The van der Waals surface area contributed by atoms with Gasteiger partial charge in [0.2, 0.25) is 0 Å². The molecule has 1 aromatic rings. The van der Waals surface area contributed by atoms with Crippen LogP contribution in [0, 0.1) is 13.8 Å². The van der Waals surface area contributed by atoms with Gasteiger partial charge < -0.3 is 5.32 Å². The third kappa shape index (κ3) is 2.20. The number of amides is 1. The fourth-order valence-electron chi connectivity index (χ4n) is 1.06. The van der Waals surface area contributed by atoms with Crippen molar-refractivity contribution in [3.63, 3.8) is 0 Å². The number of carbonyl (C=O) groups excluding carboxylic acids is 1. The second-order valence-electron chi connectivity index (χ2n) is 2.73. The third-order valence-corrected chi connectivity index (χ3v) is 1.72. The van der Waals surface area contributed by atoms with Gasteiger partial charge in [0.05, 0.1) is 0 Å². The molecule has 1 amide bonds. The molecule has 0 aliphatic carbocycles. The molecule has 0 aliphatic heterocycles. The predicted octanol–water partition coefficient (Wildman–Crippen LogP) is 3.03. The molecule has 63 valence electrons. The van der Waals surface area contributed by atoms with E-state index >= 15 is 0 Å². The molecule has 0 fully saturated rings. The van der Waals surface area contributed by atoms with Gasteiger partial charge in [0.15, 0.2) is 0 Å². The van der Waals surface area contributed by atoms with Gasteiger partial charge in [0.25, 0.3) is 0 Å². The fraction of sp³-hybridized carbons (Fsp3) is 0.222. The lowest BCUT2D eigenvalue weighted by molar-refractivity contribution is 0.270. The van der Waals surface area contributed by atoms with Crippen LogP contribution in [0.25, 0.3) is 0 Å². The zero-order valence-electron chi connectivity index (χ0n) is 7.05. The smallest absolute Gasteiger partial charge is 0.313 e. The van der Waals surface area contributed by atoms with Gasteiger partial charge in [0, 0.05) is 5.69 Å². The van der Waals surface area contributed by atoms with Crippen molar-refractivity contribution >= 4 is 23.6 Å². The minimum Gasteiger partial charge on any atom is -0.313 e. The first-order valence-corrected chi connectivity index (χ1v) is 4.05. The molecule has 0 saturated heterocycles. The summed E-state index contributed by atoms with van der Waals surface area (Å²) < 4.78 is 0. The van der Waals surface area contributed by atoms with Crippen LogP contribution in [0.4, 0.5) is 10.5 Å². The summed E-state index contributed by atoms with van der Waals surface area (Å²) in [5, 5.41) is 2.13. The molecule has 1 radical (unpaired) electrons. The summed E-state index contributed by atoms with van der Waals surface area (Å²) in [5.41, 5.74) is 3.00. The highest BCUT2D eigenvalue weighted by molar-refractivity contribution is 7.96. The minimum absolute atomic E-state index is 0.443. The topological polar surface area (TPSA) is 29.1 Å². The number of hydrogen-bond acceptors (Lipinski definition) is 1. The van der Waals surface area contributed by atoms with Crippen molar-refractivity contribution in [2.75, 3.05) is 5.32 Å². The van der Waals surface area contributed by atoms with Crippen LogP contribution in [-0.2, 0) is 0 Å². The van der Waals surface area contributed by atoms with Gasteiger partial charge in [-0.25, -0.2) is 0 Å². The third-order valence-electron chi connectivity index (χ3n) is 1.62. The van der Waals surface area contributed by atoms with Gasteiger partial charge in [-0.2, -0.15) is 0 Å². The molecule has 1 aromatic carbocycles. The van der Waals surface area contributed by atoms with Gasteiger partial charge in [-0.15, -0.1) is 0 Å². The van der Waals surface area contributed by atoms with E-state index in [9.17, 15) is 4.79 Å². The van der Waals surface area contributed by atoms with E-state index in [1.54, 1.807) is 0 Å². The number of carbonyl (C=O) groups is 1. The summed E-state index contributed by atoms with van der Waals surface area (Å²) in [6.07, 6.45) is 0. The lowest BCUT2D eigenvalue weighted by Crippen LogP contribution is -2.02. The molecule has 1 N–H and O–H groups in total. The molecule has 3 heteroatoms. The summed E-state index contributed by atoms with van der Waals surface area (Å²) in [7, 11) is 0. The molecule has 0 unspecified atom stereocenters. The van der Waals surface area contributed by atoms with E-state index in [4.69, 9.17) is 0 Å². The van der Waals surface area contributed by atoms with Gasteiger partial charge in [-0.3, -0.25) is 4.79 Å². The maximum Gasteiger partial charge on any atom is 0.314 e. The summed E-state index contributed by atoms with van der Waals surface area (Å²) in [6, 6.07) is 5.79. The van der Waals surface area contributed by atoms with Crippen LogP contribution in [0.15, 0.2) is 18.2 Å². The number of benzene rings is 1. The van der Waals surface area contributed by atoms with Gasteiger partial charge in [-0.05, 0) is 38.1 Å². The first-order chi connectivity index (χ1) is 5.59. The van der Waals surface area contributed by atoms with Crippen molar-refractivity contribution < 1.29 is 4.79 Å². The number of anilines is 1. The predicted molar refractivity (Wildman–Crippen MR) is 52.5 cm³/mol. The molecular weight excluding hydrogens is 170 g/mol. The Balaban J connectivity index is 2.93. The Kier molecular flexibility index (Phi) is 2.65. The highest BCUT2D eigenvalue weighted by Gasteiger charge is 2.00. The van der Waals surface area contributed by atoms with E-state index in [2.05, 4.69) is 17.9 Å². The van der Waals surface area contributed by atoms with Gasteiger partial charge in [-0.1, -0.05) is 17.7 Å². The Labute approximate surface area is 77.4 Å². The van der Waals surface area contributed by atoms with Crippen LogP contribution in [0.3, 0.4) is 0 Å². The van der Waals surface area contributed by atoms with E-state index in [-0.39, 0.29) is 0 Å². The van der Waals surface area contributed by atoms with E-state index in [0.717, 1.165) is 11.3 Å². The molecule has 2 nitrogen and oxygen atoms in total. The van der Waals surface area contributed by atoms with Crippen molar-refractivity contribution in [3.8, 4) is 0 Å². The van der Waals surface area contributed by atoms with Crippen LogP contribution < -0.4 is 5.32 Å². The highest BCUT2D eigenvalue weighted by Crippen LogP contribution is 2.16. The summed E-state index contributed by atoms with van der Waals surface area (Å²) in [6.45, 7) is 3.94. The maximum absolute atomic E-state index is 10.6. The van der Waals surface area contributed by atoms with Crippen molar-refractivity contribution in [1.82, 2.24) is 0 Å². The average Bonchev–Trinajstić information content (AvgIpc) is 1.94. The number of hydrogen-bond donors (Lipinski definition) is 1. The molecule has 12 heavy (non-hydrogen) atoms. The van der Waals surface area contributed by atoms with E-state index in [0.29, 0.717) is 0 Å². The quantitative estimate of drug-likeness (QED) is 0.707. The van der Waals surface area contributed by atoms with E-state index < -0.39 is 5.24 Å². The second-order valence-corrected chi connectivity index (χ2v) is 3.10. The lowest BCUT2D eigenvalue weighted by atomic mass is 10.1. The van der Waals surface area contributed by atoms with Gasteiger partial charge in [0.1, 0.15) is 0 Å².